The number of methoxy groups -OCH3 is 1. The van der Waals surface area contributed by atoms with Crippen LogP contribution in [0.2, 0.25) is 0 Å². The molecule has 21 heavy (non-hydrogen) atoms. The molecule has 0 spiro atoms. The molecule has 1 unspecified atom stereocenters. The van der Waals surface area contributed by atoms with Crippen molar-refractivity contribution < 1.29 is 9.53 Å². The second kappa shape index (κ2) is 5.10. The zero-order valence-electron chi connectivity index (χ0n) is 11.1. The number of hydrogen-bond donors (Lipinski definition) is 3. The van der Waals surface area contributed by atoms with Crippen LogP contribution in [0.1, 0.15) is 0 Å². The van der Waals surface area contributed by atoms with Crippen molar-refractivity contribution in [3.63, 3.8) is 0 Å². The van der Waals surface area contributed by atoms with Crippen molar-refractivity contribution in [2.75, 3.05) is 12.4 Å². The summed E-state index contributed by atoms with van der Waals surface area (Å²) in [5, 5.41) is 10.8. The van der Waals surface area contributed by atoms with Crippen LogP contribution in [0, 0.1) is 0 Å². The van der Waals surface area contributed by atoms with E-state index in [1.165, 1.54) is 6.34 Å². The van der Waals surface area contributed by atoms with Crippen LogP contribution in [0.4, 0.5) is 5.69 Å². The molecule has 0 amide bonds. The van der Waals surface area contributed by atoms with Crippen LogP contribution in [-0.4, -0.2) is 41.6 Å². The molecular formula is C13H12N6O2. The number of carbonyl (C=O) groups excluding carboxylic acids is 1. The summed E-state index contributed by atoms with van der Waals surface area (Å²) in [4.78, 5) is 18.9. The molecule has 106 valence electrons. The molecule has 1 aliphatic rings. The molecule has 3 rings (SSSR count). The number of aliphatic imine (C=N–C) groups is 2. The van der Waals surface area contributed by atoms with E-state index in [4.69, 9.17) is 10.5 Å². The lowest BCUT2D eigenvalue weighted by molar-refractivity contribution is 0.416. The maximum absolute atomic E-state index is 11.0. The molecule has 0 fully saturated rings. The highest BCUT2D eigenvalue weighted by molar-refractivity contribution is 6.09. The van der Waals surface area contributed by atoms with Crippen molar-refractivity contribution in [1.82, 2.24) is 10.2 Å². The molecule has 0 saturated heterocycles. The highest BCUT2D eigenvalue weighted by Gasteiger charge is 2.22. The summed E-state index contributed by atoms with van der Waals surface area (Å²) < 4.78 is 5.33. The molecule has 8 nitrogen and oxygen atoms in total. The zero-order chi connectivity index (χ0) is 14.8. The summed E-state index contributed by atoms with van der Waals surface area (Å²) >= 11 is 0. The van der Waals surface area contributed by atoms with Gasteiger partial charge in [-0.05, 0) is 6.07 Å². The van der Waals surface area contributed by atoms with Crippen molar-refractivity contribution in [2.24, 2.45) is 15.7 Å². The third-order valence-corrected chi connectivity index (χ3v) is 3.12. The average molecular weight is 284 g/mol. The number of nitrogens with one attached hydrogen (secondary N) is 2. The summed E-state index contributed by atoms with van der Waals surface area (Å²) in [6.45, 7) is 0. The minimum atomic E-state index is -0.654. The summed E-state index contributed by atoms with van der Waals surface area (Å²) in [5.74, 6) is 2.46. The Morgan fingerprint density at radius 1 is 1.48 bits per heavy atom. The number of aromatic amines is 1. The number of aromatic nitrogens is 2. The number of ether oxygens (including phenoxy) is 1. The lowest BCUT2D eigenvalue weighted by Gasteiger charge is -2.20. The van der Waals surface area contributed by atoms with E-state index in [9.17, 15) is 4.79 Å². The maximum Gasteiger partial charge on any atom is 0.160 e. The highest BCUT2D eigenvalue weighted by atomic mass is 16.5. The fourth-order valence-corrected chi connectivity index (χ4v) is 2.06. The van der Waals surface area contributed by atoms with E-state index >= 15 is 0 Å². The van der Waals surface area contributed by atoms with Crippen LogP contribution in [-0.2, 0) is 4.79 Å². The Balaban J connectivity index is 1.99. The van der Waals surface area contributed by atoms with Gasteiger partial charge in [0.25, 0.3) is 0 Å². The molecular weight excluding hydrogens is 272 g/mol. The monoisotopic (exact) mass is 284 g/mol. The van der Waals surface area contributed by atoms with E-state index in [1.54, 1.807) is 25.3 Å². The summed E-state index contributed by atoms with van der Waals surface area (Å²) in [6.07, 6.45) is 2.34. The minimum absolute atomic E-state index is 0.0980. The largest absolute Gasteiger partial charge is 0.495 e. The SMILES string of the molecule is COc1cc2[nH]ncc2cc1NC1N=CN=C(N)C1=C=O. The fourth-order valence-electron chi connectivity index (χ4n) is 2.06. The fraction of sp³-hybridized carbons (Fsp3) is 0.154. The molecule has 0 saturated carbocycles. The maximum atomic E-state index is 11.0. The van der Waals surface area contributed by atoms with Gasteiger partial charge in [-0.1, -0.05) is 0 Å². The molecule has 8 heteroatoms. The summed E-state index contributed by atoms with van der Waals surface area (Å²) in [7, 11) is 1.55. The predicted molar refractivity (Wildman–Crippen MR) is 79.4 cm³/mol. The van der Waals surface area contributed by atoms with Crippen LogP contribution in [0.15, 0.2) is 33.9 Å². The zero-order valence-corrected chi connectivity index (χ0v) is 11.1. The lowest BCUT2D eigenvalue weighted by Crippen LogP contribution is -2.32. The Hall–Kier alpha value is -3.12. The van der Waals surface area contributed by atoms with E-state index in [0.29, 0.717) is 11.4 Å². The average Bonchev–Trinajstić information content (AvgIpc) is 2.94. The number of amidine groups is 1. The summed E-state index contributed by atoms with van der Waals surface area (Å²) in [5.41, 5.74) is 7.32. The Morgan fingerprint density at radius 2 is 2.33 bits per heavy atom. The van der Waals surface area contributed by atoms with Gasteiger partial charge in [-0.2, -0.15) is 5.10 Å². The van der Waals surface area contributed by atoms with Crippen LogP contribution in [0.3, 0.4) is 0 Å². The van der Waals surface area contributed by atoms with Gasteiger partial charge in [0.15, 0.2) is 6.17 Å². The van der Waals surface area contributed by atoms with Crippen LogP contribution in [0.25, 0.3) is 10.9 Å². The number of fused-ring (bicyclic) bond motifs is 1. The lowest BCUT2D eigenvalue weighted by atomic mass is 10.1. The molecule has 2 aromatic rings. The van der Waals surface area contributed by atoms with E-state index in [2.05, 4.69) is 25.5 Å². The number of hydrogen-bond acceptors (Lipinski definition) is 7. The second-order valence-corrected chi connectivity index (χ2v) is 4.35. The van der Waals surface area contributed by atoms with E-state index in [-0.39, 0.29) is 11.4 Å². The number of nitrogens with two attached hydrogens (primary N) is 1. The van der Waals surface area contributed by atoms with Gasteiger partial charge in [0.1, 0.15) is 29.4 Å². The number of nitrogens with zero attached hydrogens (tertiary/aromatic N) is 3. The van der Waals surface area contributed by atoms with E-state index in [0.717, 1.165) is 10.9 Å². The van der Waals surface area contributed by atoms with E-state index in [1.807, 2.05) is 6.07 Å². The van der Waals surface area contributed by atoms with Crippen LogP contribution < -0.4 is 15.8 Å². The molecule has 2 heterocycles. The molecule has 0 radical (unpaired) electrons. The van der Waals surface area contributed by atoms with Crippen molar-refractivity contribution in [3.8, 4) is 5.75 Å². The number of rotatable bonds is 3. The molecule has 0 aliphatic carbocycles. The van der Waals surface area contributed by atoms with Crippen LogP contribution >= 0.6 is 0 Å². The van der Waals surface area contributed by atoms with Gasteiger partial charge in [-0.15, -0.1) is 0 Å². The highest BCUT2D eigenvalue weighted by Crippen LogP contribution is 2.30. The summed E-state index contributed by atoms with van der Waals surface area (Å²) in [6, 6.07) is 3.65. The van der Waals surface area contributed by atoms with Crippen molar-refractivity contribution in [1.29, 1.82) is 0 Å². The molecule has 1 aromatic carbocycles. The van der Waals surface area contributed by atoms with Gasteiger partial charge in [-0.3, -0.25) is 5.10 Å². The van der Waals surface area contributed by atoms with Gasteiger partial charge in [0, 0.05) is 11.5 Å². The predicted octanol–water partition coefficient (Wildman–Crippen LogP) is 0.467. The Bertz CT molecular complexity index is 800. The molecule has 1 aliphatic heterocycles. The first-order valence-corrected chi connectivity index (χ1v) is 6.11. The van der Waals surface area contributed by atoms with Gasteiger partial charge in [-0.25, -0.2) is 14.8 Å². The second-order valence-electron chi connectivity index (χ2n) is 4.35. The molecule has 1 aromatic heterocycles. The van der Waals surface area contributed by atoms with Crippen molar-refractivity contribution in [3.05, 3.63) is 23.9 Å². The van der Waals surface area contributed by atoms with Gasteiger partial charge in [0.2, 0.25) is 0 Å². The van der Waals surface area contributed by atoms with Gasteiger partial charge in [0.05, 0.1) is 24.5 Å². The Kier molecular flexibility index (Phi) is 3.13. The van der Waals surface area contributed by atoms with Gasteiger partial charge >= 0.3 is 0 Å². The number of H-pyrrole nitrogens is 1. The molecule has 0 bridgehead atoms. The topological polar surface area (TPSA) is 118 Å². The van der Waals surface area contributed by atoms with Crippen LogP contribution in [0.5, 0.6) is 5.75 Å². The quantitative estimate of drug-likeness (QED) is 0.708. The third-order valence-electron chi connectivity index (χ3n) is 3.12. The molecule has 1 atom stereocenters. The van der Waals surface area contributed by atoms with Crippen molar-refractivity contribution >= 4 is 34.7 Å². The number of benzene rings is 1. The Labute approximate surface area is 119 Å². The first-order valence-electron chi connectivity index (χ1n) is 6.11. The smallest absolute Gasteiger partial charge is 0.160 e. The normalized spacial score (nSPS) is 17.5. The standard InChI is InChI=1S/C13H12N6O2/c1-21-11-3-9-7(4-17-19-9)2-10(11)18-13-8(5-20)12(14)15-6-16-13/h2-4,6,13,18H,1H3,(H,17,19)(H2,14,15,16). The first-order chi connectivity index (χ1) is 10.2. The van der Waals surface area contributed by atoms with Gasteiger partial charge < -0.3 is 15.8 Å². The third kappa shape index (κ3) is 2.24. The minimum Gasteiger partial charge on any atom is -0.495 e. The molecule has 4 N–H and O–H groups in total. The van der Waals surface area contributed by atoms with Crippen molar-refractivity contribution in [2.45, 2.75) is 6.17 Å². The number of anilines is 1. The first kappa shape index (κ1) is 12.9. The van der Waals surface area contributed by atoms with E-state index < -0.39 is 6.17 Å². The Morgan fingerprint density at radius 3 is 3.10 bits per heavy atom.